The van der Waals surface area contributed by atoms with E-state index in [0.29, 0.717) is 6.54 Å². The number of hydrogen-bond acceptors (Lipinski definition) is 4. The molecule has 1 fully saturated rings. The summed E-state index contributed by atoms with van der Waals surface area (Å²) in [6.07, 6.45) is 1.79. The van der Waals surface area contributed by atoms with E-state index in [-0.39, 0.29) is 10.9 Å². The highest BCUT2D eigenvalue weighted by Crippen LogP contribution is 2.23. The van der Waals surface area contributed by atoms with Gasteiger partial charge in [0.15, 0.2) is 0 Å². The van der Waals surface area contributed by atoms with Crippen LogP contribution in [0.2, 0.25) is 0 Å². The van der Waals surface area contributed by atoms with E-state index in [1.165, 1.54) is 0 Å². The third-order valence-electron chi connectivity index (χ3n) is 3.46. The molecule has 1 unspecified atom stereocenters. The Kier molecular flexibility index (Phi) is 4.53. The maximum atomic E-state index is 12.0. The van der Waals surface area contributed by atoms with Crippen LogP contribution in [0.1, 0.15) is 19.8 Å². The van der Waals surface area contributed by atoms with E-state index in [1.54, 1.807) is 43.1 Å². The topological polar surface area (TPSA) is 86.7 Å². The lowest BCUT2D eigenvalue weighted by molar-refractivity contribution is -0.140. The van der Waals surface area contributed by atoms with Crippen molar-refractivity contribution in [3.8, 4) is 0 Å². The van der Waals surface area contributed by atoms with Gasteiger partial charge in [-0.25, -0.2) is 13.1 Å². The maximum absolute atomic E-state index is 12.0. The Hall–Kier alpha value is -1.60. The highest BCUT2D eigenvalue weighted by Gasteiger charge is 2.27. The van der Waals surface area contributed by atoms with Crippen molar-refractivity contribution in [2.24, 2.45) is 5.92 Å². The molecule has 2 rings (SSSR count). The number of sulfonamides is 1. The van der Waals surface area contributed by atoms with E-state index in [2.05, 4.69) is 4.72 Å². The molecular weight excluding hydrogens is 292 g/mol. The van der Waals surface area contributed by atoms with Crippen molar-refractivity contribution in [2.75, 3.05) is 18.5 Å². The summed E-state index contributed by atoms with van der Waals surface area (Å²) in [6, 6.07) is 6.55. The van der Waals surface area contributed by atoms with Gasteiger partial charge in [-0.05, 0) is 37.1 Å². The van der Waals surface area contributed by atoms with Crippen molar-refractivity contribution in [2.45, 2.75) is 30.7 Å². The summed E-state index contributed by atoms with van der Waals surface area (Å²) >= 11 is 0. The average molecular weight is 312 g/mol. The first-order valence-electron chi connectivity index (χ1n) is 6.86. The number of aliphatic carboxylic acids is 1. The lowest BCUT2D eigenvalue weighted by Crippen LogP contribution is -2.28. The van der Waals surface area contributed by atoms with Crippen LogP contribution >= 0.6 is 0 Å². The molecule has 2 N–H and O–H groups in total. The number of carboxylic acids is 1. The fourth-order valence-corrected chi connectivity index (χ4v) is 3.27. The van der Waals surface area contributed by atoms with Gasteiger partial charge in [-0.15, -0.1) is 0 Å². The predicted molar refractivity (Wildman–Crippen MR) is 79.9 cm³/mol. The normalized spacial score (nSPS) is 16.5. The third-order valence-corrected chi connectivity index (χ3v) is 4.99. The van der Waals surface area contributed by atoms with Crippen molar-refractivity contribution < 1.29 is 18.3 Å². The quantitative estimate of drug-likeness (QED) is 0.792. The molecule has 6 nitrogen and oxygen atoms in total. The van der Waals surface area contributed by atoms with Crippen LogP contribution in [0.3, 0.4) is 0 Å². The second-order valence-electron chi connectivity index (χ2n) is 5.51. The number of benzene rings is 1. The Labute approximate surface area is 124 Å². The Bertz CT molecular complexity index is 608. The first-order valence-corrected chi connectivity index (χ1v) is 8.34. The molecule has 0 aromatic heterocycles. The molecule has 0 spiro atoms. The molecule has 0 amide bonds. The van der Waals surface area contributed by atoms with E-state index in [0.717, 1.165) is 18.5 Å². The number of nitrogens with one attached hydrogen (secondary N) is 1. The fraction of sp³-hybridized carbons (Fsp3) is 0.500. The average Bonchev–Trinajstić information content (AvgIpc) is 3.22. The van der Waals surface area contributed by atoms with Crippen LogP contribution in [0.4, 0.5) is 5.69 Å². The zero-order valence-corrected chi connectivity index (χ0v) is 12.9. The predicted octanol–water partition coefficient (Wildman–Crippen LogP) is 1.28. The summed E-state index contributed by atoms with van der Waals surface area (Å²) < 4.78 is 26.7. The smallest absolute Gasteiger partial charge is 0.308 e. The third kappa shape index (κ3) is 4.18. The SMILES string of the molecule is CC(CN(C)c1ccc(S(=O)(=O)NC2CC2)cc1)C(=O)O. The van der Waals surface area contributed by atoms with Crippen LogP contribution < -0.4 is 9.62 Å². The molecule has 1 aromatic carbocycles. The van der Waals surface area contributed by atoms with Crippen LogP contribution in [-0.4, -0.2) is 39.1 Å². The first-order chi connectivity index (χ1) is 9.79. The van der Waals surface area contributed by atoms with Gasteiger partial charge in [0.2, 0.25) is 10.0 Å². The van der Waals surface area contributed by atoms with Crippen LogP contribution in [0, 0.1) is 5.92 Å². The van der Waals surface area contributed by atoms with Crippen molar-refractivity contribution in [1.82, 2.24) is 4.72 Å². The molecule has 1 aliphatic rings. The lowest BCUT2D eigenvalue weighted by atomic mass is 10.1. The summed E-state index contributed by atoms with van der Waals surface area (Å²) in [5.74, 6) is -1.34. The van der Waals surface area contributed by atoms with Crippen LogP contribution in [-0.2, 0) is 14.8 Å². The van der Waals surface area contributed by atoms with E-state index < -0.39 is 21.9 Å². The summed E-state index contributed by atoms with van der Waals surface area (Å²) in [5.41, 5.74) is 0.786. The van der Waals surface area contributed by atoms with Crippen LogP contribution in [0.15, 0.2) is 29.2 Å². The summed E-state index contributed by atoms with van der Waals surface area (Å²) in [6.45, 7) is 2.00. The van der Waals surface area contributed by atoms with Crippen molar-refractivity contribution in [3.05, 3.63) is 24.3 Å². The van der Waals surface area contributed by atoms with E-state index in [9.17, 15) is 13.2 Å². The standard InChI is InChI=1S/C14H20N2O4S/c1-10(14(17)18)9-16(2)12-5-7-13(8-6-12)21(19,20)15-11-3-4-11/h5-8,10-11,15H,3-4,9H2,1-2H3,(H,17,18). The molecule has 21 heavy (non-hydrogen) atoms. The highest BCUT2D eigenvalue weighted by molar-refractivity contribution is 7.89. The minimum atomic E-state index is -3.44. The molecule has 1 aliphatic carbocycles. The van der Waals surface area contributed by atoms with Gasteiger partial charge < -0.3 is 10.0 Å². The number of rotatable bonds is 7. The largest absolute Gasteiger partial charge is 0.481 e. The van der Waals surface area contributed by atoms with E-state index >= 15 is 0 Å². The van der Waals surface area contributed by atoms with Gasteiger partial charge in [-0.2, -0.15) is 0 Å². The molecule has 1 saturated carbocycles. The first kappa shape index (κ1) is 15.8. The Morgan fingerprint density at radius 3 is 2.43 bits per heavy atom. The van der Waals surface area contributed by atoms with Gasteiger partial charge in [0.05, 0.1) is 10.8 Å². The Balaban J connectivity index is 2.05. The molecule has 0 radical (unpaired) electrons. The minimum Gasteiger partial charge on any atom is -0.481 e. The number of nitrogens with zero attached hydrogens (tertiary/aromatic N) is 1. The molecule has 1 atom stereocenters. The summed E-state index contributed by atoms with van der Waals surface area (Å²) in [5, 5.41) is 8.90. The lowest BCUT2D eigenvalue weighted by Gasteiger charge is -2.21. The van der Waals surface area contributed by atoms with Crippen molar-refractivity contribution in [3.63, 3.8) is 0 Å². The molecular formula is C14H20N2O4S. The monoisotopic (exact) mass is 312 g/mol. The highest BCUT2D eigenvalue weighted by atomic mass is 32.2. The van der Waals surface area contributed by atoms with Crippen LogP contribution in [0.25, 0.3) is 0 Å². The van der Waals surface area contributed by atoms with E-state index in [4.69, 9.17) is 5.11 Å². The second-order valence-corrected chi connectivity index (χ2v) is 7.22. The number of hydrogen-bond donors (Lipinski definition) is 2. The van der Waals surface area contributed by atoms with Crippen molar-refractivity contribution >= 4 is 21.7 Å². The van der Waals surface area contributed by atoms with Crippen molar-refractivity contribution in [1.29, 1.82) is 0 Å². The number of carbonyl (C=O) groups is 1. The molecule has 0 bridgehead atoms. The van der Waals surface area contributed by atoms with E-state index in [1.807, 2.05) is 0 Å². The molecule has 116 valence electrons. The van der Waals surface area contributed by atoms with Gasteiger partial charge in [-0.3, -0.25) is 4.79 Å². The molecule has 7 heteroatoms. The minimum absolute atomic E-state index is 0.0776. The zero-order chi connectivity index (χ0) is 15.6. The fourth-order valence-electron chi connectivity index (χ4n) is 1.96. The van der Waals surface area contributed by atoms with Gasteiger partial charge in [0, 0.05) is 25.3 Å². The maximum Gasteiger partial charge on any atom is 0.308 e. The van der Waals surface area contributed by atoms with Gasteiger partial charge >= 0.3 is 5.97 Å². The number of anilines is 1. The Morgan fingerprint density at radius 2 is 1.95 bits per heavy atom. The zero-order valence-electron chi connectivity index (χ0n) is 12.1. The van der Waals surface area contributed by atoms with Gasteiger partial charge in [0.25, 0.3) is 0 Å². The summed E-state index contributed by atoms with van der Waals surface area (Å²) in [4.78, 5) is 12.9. The Morgan fingerprint density at radius 1 is 1.38 bits per heavy atom. The second kappa shape index (κ2) is 6.03. The molecule has 1 aromatic rings. The molecule has 0 heterocycles. The summed E-state index contributed by atoms with van der Waals surface area (Å²) in [7, 11) is -1.66. The van der Waals surface area contributed by atoms with Crippen LogP contribution in [0.5, 0.6) is 0 Å². The molecule has 0 aliphatic heterocycles. The number of carboxylic acid groups (broad SMARTS) is 1. The molecule has 0 saturated heterocycles. The van der Waals surface area contributed by atoms with Gasteiger partial charge in [0.1, 0.15) is 0 Å². The van der Waals surface area contributed by atoms with Gasteiger partial charge in [-0.1, -0.05) is 6.92 Å².